The van der Waals surface area contributed by atoms with Gasteiger partial charge in [-0.2, -0.15) is 10.4 Å². The number of aromatic nitrogens is 2. The summed E-state index contributed by atoms with van der Waals surface area (Å²) in [5.74, 6) is 0.793. The highest BCUT2D eigenvalue weighted by Crippen LogP contribution is 2.21. The predicted octanol–water partition coefficient (Wildman–Crippen LogP) is 2.84. The summed E-state index contributed by atoms with van der Waals surface area (Å²) in [7, 11) is 1.85. The van der Waals surface area contributed by atoms with E-state index < -0.39 is 0 Å². The van der Waals surface area contributed by atoms with Crippen LogP contribution in [0.2, 0.25) is 0 Å². The number of anilines is 1. The van der Waals surface area contributed by atoms with E-state index in [0.717, 1.165) is 24.5 Å². The molecule has 1 N–H and O–H groups in total. The Bertz CT molecular complexity index is 589. The molecule has 0 atom stereocenters. The summed E-state index contributed by atoms with van der Waals surface area (Å²) in [5, 5.41) is 16.7. The molecule has 0 bridgehead atoms. The third-order valence-corrected chi connectivity index (χ3v) is 4.06. The van der Waals surface area contributed by atoms with Gasteiger partial charge in [0.25, 0.3) is 0 Å². The topological polar surface area (TPSA) is 53.6 Å². The third kappa shape index (κ3) is 2.39. The van der Waals surface area contributed by atoms with Gasteiger partial charge in [-0.25, -0.2) is 0 Å². The van der Waals surface area contributed by atoms with Gasteiger partial charge >= 0.3 is 0 Å². The number of hydrogen-bond donors (Lipinski definition) is 1. The van der Waals surface area contributed by atoms with Crippen LogP contribution in [0.1, 0.15) is 27.9 Å². The fourth-order valence-electron chi connectivity index (χ4n) is 1.87. The molecule has 2 heterocycles. The summed E-state index contributed by atoms with van der Waals surface area (Å²) < 4.78 is 1.72. The zero-order valence-electron chi connectivity index (χ0n) is 10.8. The fourth-order valence-corrected chi connectivity index (χ4v) is 2.77. The largest absolute Gasteiger partial charge is 0.364 e. The molecule has 18 heavy (non-hydrogen) atoms. The first-order valence-electron chi connectivity index (χ1n) is 5.90. The van der Waals surface area contributed by atoms with Crippen molar-refractivity contribution in [2.45, 2.75) is 26.8 Å². The zero-order valence-corrected chi connectivity index (χ0v) is 11.6. The Morgan fingerprint density at radius 1 is 1.44 bits per heavy atom. The zero-order chi connectivity index (χ0) is 13.1. The molecule has 2 aromatic rings. The molecule has 0 saturated heterocycles. The van der Waals surface area contributed by atoms with E-state index in [-0.39, 0.29) is 0 Å². The van der Waals surface area contributed by atoms with Gasteiger partial charge in [0, 0.05) is 16.8 Å². The van der Waals surface area contributed by atoms with Crippen molar-refractivity contribution in [3.63, 3.8) is 0 Å². The molecule has 0 aliphatic heterocycles. The van der Waals surface area contributed by atoms with Gasteiger partial charge in [0.15, 0.2) is 0 Å². The Kier molecular flexibility index (Phi) is 3.68. The summed E-state index contributed by atoms with van der Waals surface area (Å²) in [6, 6.07) is 6.48. The van der Waals surface area contributed by atoms with Crippen molar-refractivity contribution in [2.24, 2.45) is 7.05 Å². The van der Waals surface area contributed by atoms with Crippen LogP contribution < -0.4 is 5.32 Å². The van der Waals surface area contributed by atoms with Crippen LogP contribution in [0.15, 0.2) is 12.1 Å². The lowest BCUT2D eigenvalue weighted by atomic mass is 10.2. The smallest absolute Gasteiger partial charge is 0.142 e. The van der Waals surface area contributed by atoms with Crippen molar-refractivity contribution in [1.82, 2.24) is 9.78 Å². The van der Waals surface area contributed by atoms with Gasteiger partial charge < -0.3 is 5.32 Å². The van der Waals surface area contributed by atoms with E-state index in [2.05, 4.69) is 35.5 Å². The van der Waals surface area contributed by atoms with E-state index in [4.69, 9.17) is 5.26 Å². The van der Waals surface area contributed by atoms with Crippen LogP contribution in [0.3, 0.4) is 0 Å². The average Bonchev–Trinajstić information content (AvgIpc) is 2.91. The lowest BCUT2D eigenvalue weighted by Crippen LogP contribution is -2.04. The van der Waals surface area contributed by atoms with Crippen LogP contribution >= 0.6 is 11.3 Å². The van der Waals surface area contributed by atoms with E-state index in [1.807, 2.05) is 14.0 Å². The minimum atomic E-state index is 0.629. The molecule has 94 valence electrons. The first-order chi connectivity index (χ1) is 8.65. The molecule has 0 aromatic carbocycles. The predicted molar refractivity (Wildman–Crippen MR) is 73.7 cm³/mol. The second-order valence-corrected chi connectivity index (χ2v) is 5.37. The maximum absolute atomic E-state index is 9.11. The molecule has 2 rings (SSSR count). The third-order valence-electron chi connectivity index (χ3n) is 2.83. The standard InChI is InChI=1S/C13H16N4S/c1-4-10-5-6-11(18-10)8-15-13-12(7-14)9(2)16-17(13)3/h5-6,15H,4,8H2,1-3H3. The van der Waals surface area contributed by atoms with E-state index >= 15 is 0 Å². The fraction of sp³-hybridized carbons (Fsp3) is 0.385. The quantitative estimate of drug-likeness (QED) is 0.919. The minimum absolute atomic E-state index is 0.629. The summed E-state index contributed by atoms with van der Waals surface area (Å²) in [5.41, 5.74) is 1.40. The molecule has 0 aliphatic rings. The van der Waals surface area contributed by atoms with Crippen LogP contribution in [0.25, 0.3) is 0 Å². The van der Waals surface area contributed by atoms with Gasteiger partial charge in [-0.15, -0.1) is 11.3 Å². The molecule has 0 aliphatic carbocycles. The molecule has 4 nitrogen and oxygen atoms in total. The normalized spacial score (nSPS) is 10.3. The van der Waals surface area contributed by atoms with Crippen LogP contribution in [0.5, 0.6) is 0 Å². The summed E-state index contributed by atoms with van der Waals surface area (Å²) >= 11 is 1.80. The first-order valence-corrected chi connectivity index (χ1v) is 6.72. The number of nitrogens with zero attached hydrogens (tertiary/aromatic N) is 3. The van der Waals surface area contributed by atoms with Crippen LogP contribution in [0, 0.1) is 18.3 Å². The second-order valence-electron chi connectivity index (χ2n) is 4.12. The van der Waals surface area contributed by atoms with Crippen molar-refractivity contribution in [1.29, 1.82) is 5.26 Å². The van der Waals surface area contributed by atoms with E-state index in [0.29, 0.717) is 5.56 Å². The van der Waals surface area contributed by atoms with Gasteiger partial charge in [0.2, 0.25) is 0 Å². The summed E-state index contributed by atoms with van der Waals surface area (Å²) in [6.07, 6.45) is 1.07. The second kappa shape index (κ2) is 5.23. The van der Waals surface area contributed by atoms with Crippen molar-refractivity contribution < 1.29 is 0 Å². The SMILES string of the molecule is CCc1ccc(CNc2c(C#N)c(C)nn2C)s1. The first kappa shape index (κ1) is 12.7. The highest BCUT2D eigenvalue weighted by Gasteiger charge is 2.12. The van der Waals surface area contributed by atoms with Crippen LogP contribution in [-0.4, -0.2) is 9.78 Å². The highest BCUT2D eigenvalue weighted by atomic mass is 32.1. The molecule has 0 radical (unpaired) electrons. The average molecular weight is 260 g/mol. The Labute approximate surface area is 111 Å². The van der Waals surface area contributed by atoms with Gasteiger partial charge in [0.1, 0.15) is 17.5 Å². The highest BCUT2D eigenvalue weighted by molar-refractivity contribution is 7.12. The molecule has 0 unspecified atom stereocenters. The van der Waals surface area contributed by atoms with Crippen molar-refractivity contribution in [2.75, 3.05) is 5.32 Å². The molecule has 0 saturated carbocycles. The molecule has 2 aromatic heterocycles. The Balaban J connectivity index is 2.13. The maximum atomic E-state index is 9.11. The lowest BCUT2D eigenvalue weighted by molar-refractivity contribution is 0.758. The molecule has 0 spiro atoms. The number of rotatable bonds is 4. The molecular formula is C13H16N4S. The van der Waals surface area contributed by atoms with Gasteiger partial charge in [-0.05, 0) is 25.5 Å². The molecular weight excluding hydrogens is 244 g/mol. The van der Waals surface area contributed by atoms with Crippen molar-refractivity contribution in [3.8, 4) is 6.07 Å². The Morgan fingerprint density at radius 3 is 2.78 bits per heavy atom. The lowest BCUT2D eigenvalue weighted by Gasteiger charge is -2.05. The van der Waals surface area contributed by atoms with Crippen LogP contribution in [0.4, 0.5) is 5.82 Å². The number of hydrogen-bond acceptors (Lipinski definition) is 4. The summed E-state index contributed by atoms with van der Waals surface area (Å²) in [6.45, 7) is 4.74. The number of aryl methyl sites for hydroxylation is 3. The molecule has 0 fully saturated rings. The Morgan fingerprint density at radius 2 is 2.17 bits per heavy atom. The van der Waals surface area contributed by atoms with Crippen LogP contribution in [-0.2, 0) is 20.0 Å². The number of thiophene rings is 1. The summed E-state index contributed by atoms with van der Waals surface area (Å²) in [4.78, 5) is 2.66. The number of nitriles is 1. The Hall–Kier alpha value is -1.80. The maximum Gasteiger partial charge on any atom is 0.142 e. The molecule has 5 heteroatoms. The monoisotopic (exact) mass is 260 g/mol. The van der Waals surface area contributed by atoms with E-state index in [1.165, 1.54) is 9.75 Å². The van der Waals surface area contributed by atoms with Gasteiger partial charge in [-0.1, -0.05) is 6.92 Å². The molecule has 0 amide bonds. The van der Waals surface area contributed by atoms with Crippen molar-refractivity contribution >= 4 is 17.2 Å². The van der Waals surface area contributed by atoms with E-state index in [1.54, 1.807) is 16.0 Å². The van der Waals surface area contributed by atoms with Crippen molar-refractivity contribution in [3.05, 3.63) is 33.1 Å². The van der Waals surface area contributed by atoms with E-state index in [9.17, 15) is 0 Å². The minimum Gasteiger partial charge on any atom is -0.364 e. The number of nitrogens with one attached hydrogen (secondary N) is 1. The van der Waals surface area contributed by atoms with Gasteiger partial charge in [-0.3, -0.25) is 4.68 Å². The van der Waals surface area contributed by atoms with Gasteiger partial charge in [0.05, 0.1) is 12.2 Å².